The molecule has 1 saturated heterocycles. The molecule has 0 atom stereocenters. The zero-order valence-electron chi connectivity index (χ0n) is 14.5. The molecule has 3 aromatic heterocycles. The van der Waals surface area contributed by atoms with Crippen molar-refractivity contribution in [3.8, 4) is 0 Å². The Kier molecular flexibility index (Phi) is 3.65. The van der Waals surface area contributed by atoms with Gasteiger partial charge in [0.25, 0.3) is 5.56 Å². The molecule has 1 fully saturated rings. The Morgan fingerprint density at radius 3 is 2.96 bits per heavy atom. The molecule has 0 radical (unpaired) electrons. The fraction of sp³-hybridized carbons (Fsp3) is 0.421. The van der Waals surface area contributed by atoms with E-state index in [9.17, 15) is 4.79 Å². The van der Waals surface area contributed by atoms with Crippen LogP contribution in [-0.2, 0) is 19.4 Å². The van der Waals surface area contributed by atoms with Gasteiger partial charge in [-0.05, 0) is 37.3 Å². The molecule has 0 amide bonds. The summed E-state index contributed by atoms with van der Waals surface area (Å²) in [5.74, 6) is 1.35. The summed E-state index contributed by atoms with van der Waals surface area (Å²) < 4.78 is 1.66. The van der Waals surface area contributed by atoms with Crippen molar-refractivity contribution >= 4 is 16.7 Å². The minimum atomic E-state index is 0.0302. The van der Waals surface area contributed by atoms with E-state index in [2.05, 4.69) is 25.0 Å². The smallest absolute Gasteiger partial charge is 0.267 e. The number of hydrogen-bond donors (Lipinski definition) is 0. The van der Waals surface area contributed by atoms with E-state index in [1.807, 2.05) is 6.07 Å². The summed E-state index contributed by atoms with van der Waals surface area (Å²) in [4.78, 5) is 27.4. The molecule has 3 aromatic rings. The van der Waals surface area contributed by atoms with Gasteiger partial charge in [-0.1, -0.05) is 0 Å². The molecule has 4 heterocycles. The summed E-state index contributed by atoms with van der Waals surface area (Å²) >= 11 is 0. The largest absolute Gasteiger partial charge is 0.355 e. The van der Waals surface area contributed by atoms with Gasteiger partial charge in [0.1, 0.15) is 12.1 Å². The summed E-state index contributed by atoms with van der Waals surface area (Å²) in [5, 5.41) is 5.65. The van der Waals surface area contributed by atoms with E-state index in [0.29, 0.717) is 12.5 Å². The van der Waals surface area contributed by atoms with Crippen molar-refractivity contribution < 1.29 is 0 Å². The highest BCUT2D eigenvalue weighted by atomic mass is 16.1. The highest BCUT2D eigenvalue weighted by Crippen LogP contribution is 2.29. The van der Waals surface area contributed by atoms with Gasteiger partial charge in [0.05, 0.1) is 24.0 Å². The molecule has 0 bridgehead atoms. The van der Waals surface area contributed by atoms with E-state index in [1.165, 1.54) is 6.42 Å². The SMILES string of the molecule is O=c1cc2c(nn1CC1CN(c3ncnc4cnccc34)C1)CCCC2. The van der Waals surface area contributed by atoms with Crippen LogP contribution < -0.4 is 10.5 Å². The lowest BCUT2D eigenvalue weighted by Crippen LogP contribution is -2.50. The molecule has 0 unspecified atom stereocenters. The van der Waals surface area contributed by atoms with Crippen LogP contribution in [0.2, 0.25) is 0 Å². The monoisotopic (exact) mass is 348 g/mol. The molecular formula is C19H20N6O. The number of anilines is 1. The van der Waals surface area contributed by atoms with Gasteiger partial charge in [-0.15, -0.1) is 0 Å². The number of aromatic nitrogens is 5. The number of hydrogen-bond acceptors (Lipinski definition) is 6. The zero-order chi connectivity index (χ0) is 17.5. The minimum absolute atomic E-state index is 0.0302. The fourth-order valence-corrected chi connectivity index (χ4v) is 3.98. The highest BCUT2D eigenvalue weighted by molar-refractivity contribution is 5.88. The van der Waals surface area contributed by atoms with Crippen molar-refractivity contribution in [3.05, 3.63) is 52.5 Å². The average Bonchev–Trinajstić information content (AvgIpc) is 2.64. The maximum absolute atomic E-state index is 12.4. The number of fused-ring (bicyclic) bond motifs is 2. The van der Waals surface area contributed by atoms with E-state index in [1.54, 1.807) is 29.5 Å². The Morgan fingerprint density at radius 1 is 1.15 bits per heavy atom. The predicted molar refractivity (Wildman–Crippen MR) is 98.2 cm³/mol. The van der Waals surface area contributed by atoms with E-state index in [0.717, 1.165) is 60.3 Å². The summed E-state index contributed by atoms with van der Waals surface area (Å²) in [6, 6.07) is 3.75. The second-order valence-electron chi connectivity index (χ2n) is 7.20. The summed E-state index contributed by atoms with van der Waals surface area (Å²) in [5.41, 5.74) is 3.14. The van der Waals surface area contributed by atoms with Crippen LogP contribution in [0, 0.1) is 5.92 Å². The first-order chi connectivity index (χ1) is 12.8. The molecule has 1 aliphatic heterocycles. The summed E-state index contributed by atoms with van der Waals surface area (Å²) in [6.45, 7) is 2.42. The van der Waals surface area contributed by atoms with Crippen molar-refractivity contribution in [2.24, 2.45) is 5.92 Å². The molecule has 1 aliphatic carbocycles. The lowest BCUT2D eigenvalue weighted by atomic mass is 9.96. The van der Waals surface area contributed by atoms with Crippen molar-refractivity contribution in [2.45, 2.75) is 32.2 Å². The first-order valence-corrected chi connectivity index (χ1v) is 9.17. The lowest BCUT2D eigenvalue weighted by molar-refractivity contribution is 0.330. The molecule has 7 heteroatoms. The van der Waals surface area contributed by atoms with Crippen molar-refractivity contribution in [1.82, 2.24) is 24.7 Å². The average molecular weight is 348 g/mol. The number of pyridine rings is 1. The molecule has 7 nitrogen and oxygen atoms in total. The predicted octanol–water partition coefficient (Wildman–Crippen LogP) is 1.60. The number of rotatable bonds is 3. The third-order valence-corrected chi connectivity index (χ3v) is 5.38. The van der Waals surface area contributed by atoms with E-state index in [4.69, 9.17) is 0 Å². The molecule has 0 N–H and O–H groups in total. The van der Waals surface area contributed by atoms with E-state index >= 15 is 0 Å². The van der Waals surface area contributed by atoms with Gasteiger partial charge < -0.3 is 4.90 Å². The molecule has 2 aliphatic rings. The Morgan fingerprint density at radius 2 is 2.04 bits per heavy atom. The van der Waals surface area contributed by atoms with E-state index < -0.39 is 0 Å². The number of aryl methyl sites for hydroxylation is 2. The van der Waals surface area contributed by atoms with Crippen molar-refractivity contribution in [1.29, 1.82) is 0 Å². The van der Waals surface area contributed by atoms with Gasteiger partial charge in [-0.2, -0.15) is 5.10 Å². The Labute approximate surface area is 150 Å². The Bertz CT molecular complexity index is 1020. The first kappa shape index (κ1) is 15.4. The molecule has 0 spiro atoms. The van der Waals surface area contributed by atoms with Gasteiger partial charge in [0.15, 0.2) is 0 Å². The van der Waals surface area contributed by atoms with Crippen LogP contribution in [0.15, 0.2) is 35.6 Å². The van der Waals surface area contributed by atoms with Crippen LogP contribution in [0.25, 0.3) is 10.9 Å². The molecule has 132 valence electrons. The van der Waals surface area contributed by atoms with Crippen LogP contribution >= 0.6 is 0 Å². The summed E-state index contributed by atoms with van der Waals surface area (Å²) in [6.07, 6.45) is 9.43. The lowest BCUT2D eigenvalue weighted by Gasteiger charge is -2.40. The van der Waals surface area contributed by atoms with Crippen LogP contribution in [0.3, 0.4) is 0 Å². The highest BCUT2D eigenvalue weighted by Gasteiger charge is 2.30. The maximum Gasteiger partial charge on any atom is 0.267 e. The van der Waals surface area contributed by atoms with Crippen molar-refractivity contribution in [3.63, 3.8) is 0 Å². The van der Waals surface area contributed by atoms with Crippen LogP contribution in [0.5, 0.6) is 0 Å². The first-order valence-electron chi connectivity index (χ1n) is 9.17. The third-order valence-electron chi connectivity index (χ3n) is 5.38. The second kappa shape index (κ2) is 6.16. The number of nitrogens with zero attached hydrogens (tertiary/aromatic N) is 6. The quantitative estimate of drug-likeness (QED) is 0.715. The van der Waals surface area contributed by atoms with Gasteiger partial charge in [-0.3, -0.25) is 9.78 Å². The van der Waals surface area contributed by atoms with E-state index in [-0.39, 0.29) is 5.56 Å². The normalized spacial score (nSPS) is 17.2. The minimum Gasteiger partial charge on any atom is -0.355 e. The van der Waals surface area contributed by atoms with Gasteiger partial charge in [0.2, 0.25) is 0 Å². The van der Waals surface area contributed by atoms with Crippen LogP contribution in [-0.4, -0.2) is 37.8 Å². The third kappa shape index (κ3) is 2.64. The van der Waals surface area contributed by atoms with Crippen LogP contribution in [0.4, 0.5) is 5.82 Å². The molecule has 0 saturated carbocycles. The van der Waals surface area contributed by atoms with Crippen LogP contribution in [0.1, 0.15) is 24.1 Å². The molecule has 0 aromatic carbocycles. The molecule has 26 heavy (non-hydrogen) atoms. The van der Waals surface area contributed by atoms with Crippen molar-refractivity contribution in [2.75, 3.05) is 18.0 Å². The van der Waals surface area contributed by atoms with Gasteiger partial charge >= 0.3 is 0 Å². The Hall–Kier alpha value is -2.83. The second-order valence-corrected chi connectivity index (χ2v) is 7.20. The van der Waals surface area contributed by atoms with Gasteiger partial charge in [0, 0.05) is 36.7 Å². The maximum atomic E-state index is 12.4. The standard InChI is InChI=1S/C19H20N6O/c26-18-7-14-3-1-2-4-16(14)23-25(18)11-13-9-24(10-13)19-15-5-6-20-8-17(15)21-12-22-19/h5-8,12-13H,1-4,9-11H2. The van der Waals surface area contributed by atoms with Gasteiger partial charge in [-0.25, -0.2) is 14.6 Å². The molecule has 5 rings (SSSR count). The fourth-order valence-electron chi connectivity index (χ4n) is 3.98. The Balaban J connectivity index is 1.32. The zero-order valence-corrected chi connectivity index (χ0v) is 14.5. The molecular weight excluding hydrogens is 328 g/mol. The summed E-state index contributed by atoms with van der Waals surface area (Å²) in [7, 11) is 0. The topological polar surface area (TPSA) is 76.8 Å².